The van der Waals surface area contributed by atoms with Crippen molar-refractivity contribution < 1.29 is 14.3 Å². The molecule has 4 rings (SSSR count). The summed E-state index contributed by atoms with van der Waals surface area (Å²) in [6.07, 6.45) is 10.8. The van der Waals surface area contributed by atoms with Crippen molar-refractivity contribution in [3.63, 3.8) is 0 Å². The van der Waals surface area contributed by atoms with Gasteiger partial charge >= 0.3 is 5.97 Å². The summed E-state index contributed by atoms with van der Waals surface area (Å²) in [4.78, 5) is 24.5. The molecule has 3 unspecified atom stereocenters. The summed E-state index contributed by atoms with van der Waals surface area (Å²) in [5.41, 5.74) is 7.94. The first-order valence-electron chi connectivity index (χ1n) is 12.3. The van der Waals surface area contributed by atoms with Gasteiger partial charge in [0.1, 0.15) is 12.1 Å². The Morgan fingerprint density at radius 1 is 1.07 bits per heavy atom. The first-order valence-corrected chi connectivity index (χ1v) is 12.3. The summed E-state index contributed by atoms with van der Waals surface area (Å²) in [6, 6.07) is -0.536. The Morgan fingerprint density at radius 3 is 2.50 bits per heavy atom. The van der Waals surface area contributed by atoms with E-state index in [0.29, 0.717) is 23.5 Å². The summed E-state index contributed by atoms with van der Waals surface area (Å²) in [5, 5.41) is 0. The first-order chi connectivity index (χ1) is 14.1. The lowest BCUT2D eigenvalue weighted by Crippen LogP contribution is -2.51. The van der Waals surface area contributed by atoms with E-state index in [1.807, 2.05) is 19.9 Å². The van der Waals surface area contributed by atoms with Gasteiger partial charge in [0.25, 0.3) is 0 Å². The highest BCUT2D eigenvalue weighted by atomic mass is 16.5. The normalized spacial score (nSPS) is 42.6. The van der Waals surface area contributed by atoms with E-state index in [1.165, 1.54) is 31.3 Å². The van der Waals surface area contributed by atoms with E-state index in [9.17, 15) is 9.59 Å². The number of ketones is 1. The second kappa shape index (κ2) is 7.76. The molecule has 4 nitrogen and oxygen atoms in total. The third kappa shape index (κ3) is 3.38. The summed E-state index contributed by atoms with van der Waals surface area (Å²) >= 11 is 0. The number of ether oxygens (including phenoxy) is 1. The van der Waals surface area contributed by atoms with Crippen LogP contribution in [0.1, 0.15) is 86.0 Å². The average Bonchev–Trinajstić information content (AvgIpc) is 3.05. The van der Waals surface area contributed by atoms with E-state index < -0.39 is 6.04 Å². The second-order valence-corrected chi connectivity index (χ2v) is 11.6. The molecule has 2 N–H and O–H groups in total. The quantitative estimate of drug-likeness (QED) is 0.652. The SMILES string of the molecule is CC(C)[C@H](N)C(=O)O[C@@H](C)[C@H]1CCC2C3CCC4=CC(=O)CC[C@]4(C)C3CC[C@@]21C. The van der Waals surface area contributed by atoms with Gasteiger partial charge in [0, 0.05) is 12.3 Å². The molecule has 4 aliphatic rings. The van der Waals surface area contributed by atoms with Gasteiger partial charge in [-0.1, -0.05) is 33.3 Å². The van der Waals surface area contributed by atoms with Crippen molar-refractivity contribution >= 4 is 11.8 Å². The monoisotopic (exact) mass is 415 g/mol. The lowest BCUT2D eigenvalue weighted by molar-refractivity contribution is -0.157. The van der Waals surface area contributed by atoms with Crippen molar-refractivity contribution in [1.82, 2.24) is 0 Å². The highest BCUT2D eigenvalue weighted by Gasteiger charge is 2.60. The second-order valence-electron chi connectivity index (χ2n) is 11.6. The third-order valence-corrected chi connectivity index (χ3v) is 9.89. The zero-order valence-corrected chi connectivity index (χ0v) is 19.6. The van der Waals surface area contributed by atoms with Gasteiger partial charge in [-0.25, -0.2) is 0 Å². The van der Waals surface area contributed by atoms with Gasteiger partial charge in [0.2, 0.25) is 0 Å². The predicted molar refractivity (Wildman–Crippen MR) is 119 cm³/mol. The van der Waals surface area contributed by atoms with Crippen molar-refractivity contribution in [3.8, 4) is 0 Å². The first kappa shape index (κ1) is 22.0. The number of nitrogens with two attached hydrogens (primary N) is 1. The van der Waals surface area contributed by atoms with Gasteiger partial charge in [-0.3, -0.25) is 9.59 Å². The number of esters is 1. The minimum atomic E-state index is -0.536. The summed E-state index contributed by atoms with van der Waals surface area (Å²) < 4.78 is 5.91. The van der Waals surface area contributed by atoms with Crippen molar-refractivity contribution in [3.05, 3.63) is 11.6 Å². The van der Waals surface area contributed by atoms with Crippen molar-refractivity contribution in [1.29, 1.82) is 0 Å². The van der Waals surface area contributed by atoms with Crippen LogP contribution in [0, 0.1) is 40.4 Å². The fraction of sp³-hybridized carbons (Fsp3) is 0.846. The molecule has 4 aliphatic carbocycles. The molecule has 168 valence electrons. The number of hydrogen-bond acceptors (Lipinski definition) is 4. The molecule has 0 radical (unpaired) electrons. The number of rotatable bonds is 4. The Labute approximate surface area is 182 Å². The molecule has 4 heteroatoms. The van der Waals surface area contributed by atoms with Gasteiger partial charge in [-0.05, 0) is 92.4 Å². The molecule has 3 fully saturated rings. The fourth-order valence-corrected chi connectivity index (χ4v) is 7.99. The summed E-state index contributed by atoms with van der Waals surface area (Å²) in [6.45, 7) is 10.9. The highest BCUT2D eigenvalue weighted by molar-refractivity contribution is 5.91. The van der Waals surface area contributed by atoms with Gasteiger partial charge in [-0.15, -0.1) is 0 Å². The van der Waals surface area contributed by atoms with E-state index in [0.717, 1.165) is 31.6 Å². The van der Waals surface area contributed by atoms with Crippen LogP contribution in [0.2, 0.25) is 0 Å². The van der Waals surface area contributed by atoms with Gasteiger partial charge in [-0.2, -0.15) is 0 Å². The van der Waals surface area contributed by atoms with Crippen LogP contribution in [0.15, 0.2) is 11.6 Å². The van der Waals surface area contributed by atoms with Crippen molar-refractivity contribution in [2.45, 2.75) is 98.1 Å². The molecule has 0 aliphatic heterocycles. The van der Waals surface area contributed by atoms with Crippen LogP contribution in [-0.2, 0) is 14.3 Å². The summed E-state index contributed by atoms with van der Waals surface area (Å²) in [7, 11) is 0. The fourth-order valence-electron chi connectivity index (χ4n) is 7.99. The zero-order valence-electron chi connectivity index (χ0n) is 19.6. The minimum Gasteiger partial charge on any atom is -0.461 e. The van der Waals surface area contributed by atoms with E-state index >= 15 is 0 Å². The van der Waals surface area contributed by atoms with Crippen LogP contribution in [0.4, 0.5) is 0 Å². The molecule has 30 heavy (non-hydrogen) atoms. The molecule has 3 saturated carbocycles. The molecule has 0 spiro atoms. The third-order valence-electron chi connectivity index (χ3n) is 9.89. The van der Waals surface area contributed by atoms with Crippen LogP contribution in [0.3, 0.4) is 0 Å². The molecule has 0 saturated heterocycles. The number of fused-ring (bicyclic) bond motifs is 5. The maximum atomic E-state index is 12.5. The van der Waals surface area contributed by atoms with E-state index in [-0.39, 0.29) is 28.8 Å². The number of allylic oxidation sites excluding steroid dienone is 1. The average molecular weight is 416 g/mol. The van der Waals surface area contributed by atoms with Crippen LogP contribution in [0.5, 0.6) is 0 Å². The van der Waals surface area contributed by atoms with Crippen LogP contribution >= 0.6 is 0 Å². The number of carbonyl (C=O) groups excluding carboxylic acids is 2. The molecule has 0 aromatic carbocycles. The smallest absolute Gasteiger partial charge is 0.323 e. The summed E-state index contributed by atoms with van der Waals surface area (Å²) in [5.74, 6) is 2.75. The zero-order chi connectivity index (χ0) is 21.8. The van der Waals surface area contributed by atoms with E-state index in [4.69, 9.17) is 10.5 Å². The van der Waals surface area contributed by atoms with Crippen molar-refractivity contribution in [2.24, 2.45) is 46.2 Å². The Balaban J connectivity index is 1.51. The van der Waals surface area contributed by atoms with Crippen LogP contribution in [-0.4, -0.2) is 23.9 Å². The highest BCUT2D eigenvalue weighted by Crippen LogP contribution is 2.67. The lowest BCUT2D eigenvalue weighted by atomic mass is 9.46. The molecule has 0 bridgehead atoms. The number of hydrogen-bond donors (Lipinski definition) is 1. The molecular weight excluding hydrogens is 374 g/mol. The van der Waals surface area contributed by atoms with Crippen LogP contribution < -0.4 is 5.73 Å². The minimum absolute atomic E-state index is 0.0733. The molecule has 0 amide bonds. The standard InChI is InChI=1S/C26H41NO3/c1-15(2)23(27)24(29)30-16(3)20-8-9-21-19-7-6-17-14-18(28)10-12-25(17,4)22(19)11-13-26(20,21)5/h14-16,19-23H,6-13,27H2,1-5H3/t16-,19?,20+,21?,22?,23-,25-,26+/m0/s1. The molecule has 8 atom stereocenters. The molecular formula is C26H41NO3. The Kier molecular flexibility index (Phi) is 5.70. The maximum Gasteiger partial charge on any atom is 0.323 e. The van der Waals surface area contributed by atoms with Gasteiger partial charge in [0.15, 0.2) is 5.78 Å². The van der Waals surface area contributed by atoms with Gasteiger partial charge < -0.3 is 10.5 Å². The molecule has 0 heterocycles. The Morgan fingerprint density at radius 2 is 1.80 bits per heavy atom. The topological polar surface area (TPSA) is 69.4 Å². The largest absolute Gasteiger partial charge is 0.461 e. The molecule has 0 aromatic heterocycles. The number of carbonyl (C=O) groups is 2. The van der Waals surface area contributed by atoms with E-state index in [2.05, 4.69) is 20.8 Å². The van der Waals surface area contributed by atoms with Gasteiger partial charge in [0.05, 0.1) is 0 Å². The predicted octanol–water partition coefficient (Wildman–Crippen LogP) is 5.05. The Bertz CT molecular complexity index is 743. The van der Waals surface area contributed by atoms with E-state index in [1.54, 1.807) is 0 Å². The van der Waals surface area contributed by atoms with Crippen LogP contribution in [0.25, 0.3) is 0 Å². The maximum absolute atomic E-state index is 12.5. The Hall–Kier alpha value is -1.16. The lowest BCUT2D eigenvalue weighted by Gasteiger charge is -2.58. The molecule has 0 aromatic rings. The van der Waals surface area contributed by atoms with Crippen molar-refractivity contribution in [2.75, 3.05) is 0 Å².